The topological polar surface area (TPSA) is 80.7 Å². The van der Waals surface area contributed by atoms with Gasteiger partial charge in [0.05, 0.1) is 11.3 Å². The van der Waals surface area contributed by atoms with E-state index in [1.54, 1.807) is 18.5 Å². The lowest BCUT2D eigenvalue weighted by molar-refractivity contribution is 0.102. The minimum atomic E-state index is -0.222. The van der Waals surface area contributed by atoms with Gasteiger partial charge >= 0.3 is 0 Å². The van der Waals surface area contributed by atoms with Crippen molar-refractivity contribution in [2.75, 3.05) is 5.32 Å². The fourth-order valence-corrected chi connectivity index (χ4v) is 2.95. The Hall–Kier alpha value is -2.19. The summed E-state index contributed by atoms with van der Waals surface area (Å²) in [5.74, 6) is -0.222. The number of anilines is 1. The molecule has 0 aromatic carbocycles. The van der Waals surface area contributed by atoms with Gasteiger partial charge in [0.2, 0.25) is 5.13 Å². The molecular weight excluding hydrogens is 294 g/mol. The van der Waals surface area contributed by atoms with Crippen molar-refractivity contribution in [1.82, 2.24) is 19.6 Å². The molecule has 0 unspecified atom stereocenters. The number of carbonyl (C=O) groups excluding carboxylic acids is 1. The van der Waals surface area contributed by atoms with Gasteiger partial charge in [0, 0.05) is 11.6 Å². The van der Waals surface area contributed by atoms with Gasteiger partial charge in [0.25, 0.3) is 5.91 Å². The van der Waals surface area contributed by atoms with Crippen LogP contribution in [-0.2, 0) is 0 Å². The van der Waals surface area contributed by atoms with E-state index in [1.807, 2.05) is 18.2 Å². The monoisotopic (exact) mass is 303 g/mol. The summed E-state index contributed by atoms with van der Waals surface area (Å²) in [6.07, 6.45) is 1.69. The van der Waals surface area contributed by atoms with E-state index in [-0.39, 0.29) is 5.91 Å². The van der Waals surface area contributed by atoms with E-state index in [2.05, 4.69) is 24.9 Å². The summed E-state index contributed by atoms with van der Waals surface area (Å²) in [5.41, 5.74) is 2.01. The third-order valence-corrected chi connectivity index (χ3v) is 4.11. The van der Waals surface area contributed by atoms with Crippen molar-refractivity contribution < 1.29 is 4.79 Å². The number of nitrogens with zero attached hydrogens (tertiary/aromatic N) is 4. The van der Waals surface area contributed by atoms with Crippen LogP contribution in [0, 0.1) is 6.92 Å². The smallest absolute Gasteiger partial charge is 0.260 e. The van der Waals surface area contributed by atoms with Gasteiger partial charge in [-0.2, -0.15) is 4.37 Å². The van der Waals surface area contributed by atoms with Gasteiger partial charge in [-0.05, 0) is 30.6 Å². The van der Waals surface area contributed by atoms with Gasteiger partial charge in [-0.25, -0.2) is 0 Å². The summed E-state index contributed by atoms with van der Waals surface area (Å²) in [6, 6.07) is 5.56. The Balaban J connectivity index is 1.78. The van der Waals surface area contributed by atoms with E-state index < -0.39 is 0 Å². The molecule has 0 atom stereocenters. The van der Waals surface area contributed by atoms with Crippen LogP contribution in [0.3, 0.4) is 0 Å². The number of aryl methyl sites for hydroxylation is 1. The summed E-state index contributed by atoms with van der Waals surface area (Å²) >= 11 is 2.54. The van der Waals surface area contributed by atoms with E-state index in [9.17, 15) is 4.79 Å². The quantitative estimate of drug-likeness (QED) is 0.804. The van der Waals surface area contributed by atoms with Gasteiger partial charge in [0.1, 0.15) is 5.69 Å². The number of hydrogen-bond acceptors (Lipinski definition) is 7. The molecular formula is C12H9N5OS2. The molecule has 0 fully saturated rings. The lowest BCUT2D eigenvalue weighted by Crippen LogP contribution is -2.12. The zero-order valence-corrected chi connectivity index (χ0v) is 12.0. The molecule has 1 N–H and O–H groups in total. The van der Waals surface area contributed by atoms with Gasteiger partial charge < -0.3 is 0 Å². The average Bonchev–Trinajstić information content (AvgIpc) is 3.09. The largest absolute Gasteiger partial charge is 0.296 e. The van der Waals surface area contributed by atoms with Crippen molar-refractivity contribution in [1.29, 1.82) is 0 Å². The van der Waals surface area contributed by atoms with E-state index in [0.29, 0.717) is 21.4 Å². The highest BCUT2D eigenvalue weighted by atomic mass is 32.1. The van der Waals surface area contributed by atoms with E-state index in [0.717, 1.165) is 5.69 Å². The Kier molecular flexibility index (Phi) is 3.48. The maximum atomic E-state index is 12.0. The number of nitrogens with one attached hydrogen (secondary N) is 1. The van der Waals surface area contributed by atoms with Crippen LogP contribution in [-0.4, -0.2) is 25.5 Å². The molecule has 3 aromatic rings. The Labute approximate surface area is 122 Å². The molecule has 6 nitrogen and oxygen atoms in total. The maximum absolute atomic E-state index is 12.0. The molecule has 0 aliphatic rings. The first kappa shape index (κ1) is 12.8. The van der Waals surface area contributed by atoms with Crippen molar-refractivity contribution in [2.24, 2.45) is 0 Å². The third-order valence-electron chi connectivity index (χ3n) is 2.52. The molecule has 8 heteroatoms. The molecule has 0 aliphatic heterocycles. The van der Waals surface area contributed by atoms with Gasteiger partial charge in [-0.3, -0.25) is 15.1 Å². The Morgan fingerprint density at radius 2 is 2.20 bits per heavy atom. The standard InChI is InChI=1S/C12H9N5OS2/c1-7-8(6-19-17-7)10(18)14-12-16-15-11(20-12)9-4-2-3-5-13-9/h2-6H,1H3,(H,14,16,18). The average molecular weight is 303 g/mol. The van der Waals surface area contributed by atoms with Crippen molar-refractivity contribution >= 4 is 33.9 Å². The van der Waals surface area contributed by atoms with Crippen LogP contribution < -0.4 is 5.32 Å². The number of carbonyl (C=O) groups is 1. The van der Waals surface area contributed by atoms with Crippen LogP contribution in [0.5, 0.6) is 0 Å². The van der Waals surface area contributed by atoms with E-state index in [1.165, 1.54) is 22.9 Å². The van der Waals surface area contributed by atoms with Gasteiger partial charge in [-0.15, -0.1) is 10.2 Å². The molecule has 20 heavy (non-hydrogen) atoms. The summed E-state index contributed by atoms with van der Waals surface area (Å²) in [5, 5.41) is 13.5. The van der Waals surface area contributed by atoms with Crippen LogP contribution in [0.1, 0.15) is 16.1 Å². The number of pyridine rings is 1. The Morgan fingerprint density at radius 1 is 1.30 bits per heavy atom. The molecule has 0 bridgehead atoms. The number of aromatic nitrogens is 4. The van der Waals surface area contributed by atoms with Crippen molar-refractivity contribution in [3.8, 4) is 10.7 Å². The van der Waals surface area contributed by atoms with Crippen molar-refractivity contribution in [3.63, 3.8) is 0 Å². The first-order chi connectivity index (χ1) is 9.74. The minimum Gasteiger partial charge on any atom is -0.296 e. The molecule has 100 valence electrons. The van der Waals surface area contributed by atoms with E-state index in [4.69, 9.17) is 0 Å². The second-order valence-electron chi connectivity index (χ2n) is 3.90. The minimum absolute atomic E-state index is 0.222. The van der Waals surface area contributed by atoms with Crippen LogP contribution >= 0.6 is 22.9 Å². The van der Waals surface area contributed by atoms with Gasteiger partial charge in [-0.1, -0.05) is 17.4 Å². The van der Waals surface area contributed by atoms with Gasteiger partial charge in [0.15, 0.2) is 5.01 Å². The summed E-state index contributed by atoms with van der Waals surface area (Å²) in [4.78, 5) is 16.2. The maximum Gasteiger partial charge on any atom is 0.260 e. The fraction of sp³-hybridized carbons (Fsp3) is 0.0833. The molecule has 0 saturated carbocycles. The second kappa shape index (κ2) is 5.43. The van der Waals surface area contributed by atoms with Crippen molar-refractivity contribution in [2.45, 2.75) is 6.92 Å². The van der Waals surface area contributed by atoms with Crippen LogP contribution in [0.2, 0.25) is 0 Å². The molecule has 0 saturated heterocycles. The molecule has 3 rings (SSSR count). The summed E-state index contributed by atoms with van der Waals surface area (Å²) in [7, 11) is 0. The number of hydrogen-bond donors (Lipinski definition) is 1. The highest BCUT2D eigenvalue weighted by molar-refractivity contribution is 7.18. The first-order valence-electron chi connectivity index (χ1n) is 5.71. The zero-order valence-electron chi connectivity index (χ0n) is 10.4. The first-order valence-corrected chi connectivity index (χ1v) is 7.36. The predicted molar refractivity (Wildman–Crippen MR) is 77.9 cm³/mol. The molecule has 1 amide bonds. The number of rotatable bonds is 3. The molecule has 0 radical (unpaired) electrons. The molecule has 3 aromatic heterocycles. The van der Waals surface area contributed by atoms with Crippen LogP contribution in [0.15, 0.2) is 29.8 Å². The molecule has 3 heterocycles. The normalized spacial score (nSPS) is 10.4. The third kappa shape index (κ3) is 2.56. The Bertz CT molecular complexity index is 737. The highest BCUT2D eigenvalue weighted by Gasteiger charge is 2.14. The van der Waals surface area contributed by atoms with Crippen LogP contribution in [0.4, 0.5) is 5.13 Å². The van der Waals surface area contributed by atoms with Crippen molar-refractivity contribution in [3.05, 3.63) is 41.0 Å². The summed E-state index contributed by atoms with van der Waals surface area (Å²) < 4.78 is 4.07. The lowest BCUT2D eigenvalue weighted by atomic mass is 10.2. The molecule has 0 spiro atoms. The number of amides is 1. The summed E-state index contributed by atoms with van der Waals surface area (Å²) in [6.45, 7) is 1.80. The molecule has 0 aliphatic carbocycles. The lowest BCUT2D eigenvalue weighted by Gasteiger charge is -1.98. The zero-order chi connectivity index (χ0) is 13.9. The predicted octanol–water partition coefficient (Wildman–Crippen LogP) is 2.62. The highest BCUT2D eigenvalue weighted by Crippen LogP contribution is 2.25. The fourth-order valence-electron chi connectivity index (χ4n) is 1.54. The van der Waals surface area contributed by atoms with Crippen LogP contribution in [0.25, 0.3) is 10.7 Å². The SMILES string of the molecule is Cc1nscc1C(=O)Nc1nnc(-c2ccccn2)s1. The van der Waals surface area contributed by atoms with E-state index >= 15 is 0 Å². The Morgan fingerprint density at radius 3 is 2.90 bits per heavy atom. The second-order valence-corrected chi connectivity index (χ2v) is 5.50.